The van der Waals surface area contributed by atoms with Crippen LogP contribution in [0.1, 0.15) is 34.5 Å². The molecular weight excluding hydrogens is 386 g/mol. The molecule has 1 aliphatic rings. The fraction of sp³-hybridized carbons (Fsp3) is 0.320. The number of aromatic nitrogens is 2. The van der Waals surface area contributed by atoms with Gasteiger partial charge in [0.25, 0.3) is 5.91 Å². The van der Waals surface area contributed by atoms with Gasteiger partial charge in [-0.25, -0.2) is 4.98 Å². The SMILES string of the molecule is Cc1ccc(NC(=O)c2ccccc2NCC2CCN(Cc3ccccn3)CC2)nc1. The number of likely N-dealkylation sites (tertiary alicyclic amines) is 1. The molecule has 0 unspecified atom stereocenters. The second-order valence-corrected chi connectivity index (χ2v) is 8.14. The molecule has 3 aromatic rings. The molecule has 1 saturated heterocycles. The van der Waals surface area contributed by atoms with Gasteiger partial charge in [-0.05, 0) is 74.7 Å². The second-order valence-electron chi connectivity index (χ2n) is 8.14. The van der Waals surface area contributed by atoms with Crippen molar-refractivity contribution in [3.8, 4) is 0 Å². The number of amides is 1. The molecule has 0 spiro atoms. The number of piperidine rings is 1. The molecule has 3 heterocycles. The van der Waals surface area contributed by atoms with Gasteiger partial charge in [0.05, 0.1) is 11.3 Å². The van der Waals surface area contributed by atoms with Crippen LogP contribution < -0.4 is 10.6 Å². The summed E-state index contributed by atoms with van der Waals surface area (Å²) in [5, 5.41) is 6.40. The molecule has 1 fully saturated rings. The molecule has 1 aliphatic heterocycles. The lowest BCUT2D eigenvalue weighted by Gasteiger charge is -2.32. The van der Waals surface area contributed by atoms with Gasteiger partial charge in [0.1, 0.15) is 5.82 Å². The molecule has 0 atom stereocenters. The van der Waals surface area contributed by atoms with E-state index in [9.17, 15) is 4.79 Å². The van der Waals surface area contributed by atoms with Crippen molar-refractivity contribution in [2.24, 2.45) is 5.92 Å². The molecule has 6 heteroatoms. The van der Waals surface area contributed by atoms with E-state index in [0.717, 1.165) is 56.0 Å². The Labute approximate surface area is 183 Å². The number of nitrogens with one attached hydrogen (secondary N) is 2. The van der Waals surface area contributed by atoms with Crippen LogP contribution in [-0.2, 0) is 6.54 Å². The molecule has 0 bridgehead atoms. The van der Waals surface area contributed by atoms with E-state index in [1.165, 1.54) is 0 Å². The van der Waals surface area contributed by atoms with E-state index in [1.54, 1.807) is 6.20 Å². The van der Waals surface area contributed by atoms with Crippen LogP contribution in [0.3, 0.4) is 0 Å². The monoisotopic (exact) mass is 415 g/mol. The number of nitrogens with zero attached hydrogens (tertiary/aromatic N) is 3. The van der Waals surface area contributed by atoms with Gasteiger partial charge >= 0.3 is 0 Å². The summed E-state index contributed by atoms with van der Waals surface area (Å²) in [5.41, 5.74) is 3.69. The van der Waals surface area contributed by atoms with Gasteiger partial charge in [0.2, 0.25) is 0 Å². The smallest absolute Gasteiger partial charge is 0.258 e. The number of rotatable bonds is 7. The van der Waals surface area contributed by atoms with Crippen LogP contribution in [0, 0.1) is 12.8 Å². The Morgan fingerprint density at radius 3 is 2.58 bits per heavy atom. The lowest BCUT2D eigenvalue weighted by molar-refractivity contribution is 0.102. The Morgan fingerprint density at radius 1 is 1.03 bits per heavy atom. The fourth-order valence-electron chi connectivity index (χ4n) is 3.88. The van der Waals surface area contributed by atoms with Crippen molar-refractivity contribution in [2.45, 2.75) is 26.3 Å². The molecule has 0 radical (unpaired) electrons. The zero-order valence-corrected chi connectivity index (χ0v) is 17.9. The number of para-hydroxylation sites is 1. The quantitative estimate of drug-likeness (QED) is 0.600. The Bertz CT molecular complexity index is 982. The third kappa shape index (κ3) is 5.89. The molecule has 160 valence electrons. The normalized spacial score (nSPS) is 14.9. The highest BCUT2D eigenvalue weighted by atomic mass is 16.1. The van der Waals surface area contributed by atoms with E-state index in [-0.39, 0.29) is 5.91 Å². The molecular formula is C25H29N5O. The molecule has 0 aliphatic carbocycles. The van der Waals surface area contributed by atoms with Gasteiger partial charge in [-0.15, -0.1) is 0 Å². The standard InChI is InChI=1S/C25H29N5O/c1-19-9-10-24(28-16-19)29-25(31)22-7-2-3-8-23(22)27-17-20-11-14-30(15-12-20)18-21-6-4-5-13-26-21/h2-10,13,16,20,27H,11-12,14-15,17-18H2,1H3,(H,28,29,31). The van der Waals surface area contributed by atoms with Crippen molar-refractivity contribution in [3.05, 3.63) is 83.8 Å². The third-order valence-corrected chi connectivity index (χ3v) is 5.72. The Hall–Kier alpha value is -3.25. The van der Waals surface area contributed by atoms with Gasteiger partial charge < -0.3 is 10.6 Å². The Morgan fingerprint density at radius 2 is 1.84 bits per heavy atom. The van der Waals surface area contributed by atoms with Gasteiger partial charge in [-0.1, -0.05) is 24.3 Å². The van der Waals surface area contributed by atoms with Crippen LogP contribution in [0.15, 0.2) is 67.0 Å². The van der Waals surface area contributed by atoms with Gasteiger partial charge in [0, 0.05) is 31.2 Å². The van der Waals surface area contributed by atoms with Crippen molar-refractivity contribution >= 4 is 17.4 Å². The molecule has 2 N–H and O–H groups in total. The van der Waals surface area contributed by atoms with Gasteiger partial charge in [0.15, 0.2) is 0 Å². The summed E-state index contributed by atoms with van der Waals surface area (Å²) in [6.07, 6.45) is 5.89. The lowest BCUT2D eigenvalue weighted by Crippen LogP contribution is -2.35. The highest BCUT2D eigenvalue weighted by Crippen LogP contribution is 2.22. The lowest BCUT2D eigenvalue weighted by atomic mass is 9.96. The molecule has 1 aromatic carbocycles. The maximum Gasteiger partial charge on any atom is 0.258 e. The first kappa shape index (κ1) is 21.0. The van der Waals surface area contributed by atoms with Crippen LogP contribution in [0.4, 0.5) is 11.5 Å². The van der Waals surface area contributed by atoms with Crippen LogP contribution in [0.5, 0.6) is 0 Å². The van der Waals surface area contributed by atoms with E-state index in [1.807, 2.05) is 61.7 Å². The molecule has 4 rings (SSSR count). The first-order valence-corrected chi connectivity index (χ1v) is 10.9. The van der Waals surface area contributed by atoms with Gasteiger partial charge in [-0.3, -0.25) is 14.7 Å². The largest absolute Gasteiger partial charge is 0.384 e. The first-order valence-electron chi connectivity index (χ1n) is 10.9. The first-order chi connectivity index (χ1) is 15.2. The van der Waals surface area contributed by atoms with Crippen molar-refractivity contribution in [3.63, 3.8) is 0 Å². The highest BCUT2D eigenvalue weighted by molar-refractivity contribution is 6.07. The number of hydrogen-bond donors (Lipinski definition) is 2. The van der Waals surface area contributed by atoms with Crippen LogP contribution >= 0.6 is 0 Å². The summed E-state index contributed by atoms with van der Waals surface area (Å²) < 4.78 is 0. The summed E-state index contributed by atoms with van der Waals surface area (Å²) in [4.78, 5) is 24.0. The zero-order chi connectivity index (χ0) is 21.5. The number of pyridine rings is 2. The molecule has 0 saturated carbocycles. The summed E-state index contributed by atoms with van der Waals surface area (Å²) >= 11 is 0. The third-order valence-electron chi connectivity index (χ3n) is 5.72. The van der Waals surface area contributed by atoms with Crippen molar-refractivity contribution in [1.29, 1.82) is 0 Å². The number of benzene rings is 1. The number of carbonyl (C=O) groups excluding carboxylic acids is 1. The van der Waals surface area contributed by atoms with E-state index >= 15 is 0 Å². The summed E-state index contributed by atoms with van der Waals surface area (Å²) in [6.45, 7) is 5.90. The number of hydrogen-bond acceptors (Lipinski definition) is 5. The van der Waals surface area contributed by atoms with Crippen LogP contribution in [0.2, 0.25) is 0 Å². The van der Waals surface area contributed by atoms with Crippen molar-refractivity contribution in [1.82, 2.24) is 14.9 Å². The van der Waals surface area contributed by atoms with E-state index in [2.05, 4.69) is 31.6 Å². The van der Waals surface area contributed by atoms with Crippen LogP contribution in [0.25, 0.3) is 0 Å². The number of carbonyl (C=O) groups is 1. The second kappa shape index (κ2) is 10.2. The molecule has 2 aromatic heterocycles. The predicted octanol–water partition coefficient (Wildman–Crippen LogP) is 4.36. The number of aryl methyl sites for hydroxylation is 1. The number of anilines is 2. The topological polar surface area (TPSA) is 70.2 Å². The average molecular weight is 416 g/mol. The minimum absolute atomic E-state index is 0.148. The maximum absolute atomic E-state index is 12.8. The maximum atomic E-state index is 12.8. The van der Waals surface area contributed by atoms with E-state index in [0.29, 0.717) is 17.3 Å². The Kier molecular flexibility index (Phi) is 6.89. The van der Waals surface area contributed by atoms with Crippen molar-refractivity contribution in [2.75, 3.05) is 30.3 Å². The Balaban J connectivity index is 1.29. The summed E-state index contributed by atoms with van der Waals surface area (Å²) in [7, 11) is 0. The minimum Gasteiger partial charge on any atom is -0.384 e. The fourth-order valence-corrected chi connectivity index (χ4v) is 3.88. The summed E-state index contributed by atoms with van der Waals surface area (Å²) in [5.74, 6) is 1.00. The molecule has 1 amide bonds. The summed E-state index contributed by atoms with van der Waals surface area (Å²) in [6, 6.07) is 17.5. The molecule has 6 nitrogen and oxygen atoms in total. The van der Waals surface area contributed by atoms with Crippen LogP contribution in [-0.4, -0.2) is 40.4 Å². The molecule has 31 heavy (non-hydrogen) atoms. The van der Waals surface area contributed by atoms with Gasteiger partial charge in [-0.2, -0.15) is 0 Å². The average Bonchev–Trinajstić information content (AvgIpc) is 2.81. The highest BCUT2D eigenvalue weighted by Gasteiger charge is 2.20. The predicted molar refractivity (Wildman–Crippen MR) is 124 cm³/mol. The zero-order valence-electron chi connectivity index (χ0n) is 17.9. The van der Waals surface area contributed by atoms with E-state index < -0.39 is 0 Å². The van der Waals surface area contributed by atoms with E-state index in [4.69, 9.17) is 0 Å². The minimum atomic E-state index is -0.148. The van der Waals surface area contributed by atoms with Crippen molar-refractivity contribution < 1.29 is 4.79 Å².